The second-order valence-electron chi connectivity index (χ2n) is 28.9. The van der Waals surface area contributed by atoms with Gasteiger partial charge >= 0.3 is 39.5 Å². The van der Waals surface area contributed by atoms with Gasteiger partial charge in [-0.15, -0.1) is 0 Å². The summed E-state index contributed by atoms with van der Waals surface area (Å²) in [6, 6.07) is 0. The lowest BCUT2D eigenvalue weighted by molar-refractivity contribution is -0.161. The van der Waals surface area contributed by atoms with Crippen molar-refractivity contribution in [1.29, 1.82) is 0 Å². The van der Waals surface area contributed by atoms with E-state index >= 15 is 0 Å². The molecule has 0 aromatic rings. The third-order valence-electron chi connectivity index (χ3n) is 18.2. The Bertz CT molecular complexity index is 1870. The molecular formula is C77H150O17P2. The van der Waals surface area contributed by atoms with Crippen LogP contribution in [0.2, 0.25) is 0 Å². The predicted molar refractivity (Wildman–Crippen MR) is 391 cm³/mol. The van der Waals surface area contributed by atoms with Crippen molar-refractivity contribution in [3.63, 3.8) is 0 Å². The molecule has 0 aliphatic carbocycles. The van der Waals surface area contributed by atoms with E-state index in [9.17, 15) is 43.2 Å². The normalized spacial score (nSPS) is 14.3. The van der Waals surface area contributed by atoms with Gasteiger partial charge in [-0.25, -0.2) is 9.13 Å². The molecule has 3 N–H and O–H groups in total. The fourth-order valence-corrected chi connectivity index (χ4v) is 13.3. The summed E-state index contributed by atoms with van der Waals surface area (Å²) in [7, 11) is -9.91. The van der Waals surface area contributed by atoms with Crippen molar-refractivity contribution >= 4 is 39.5 Å². The number of esters is 4. The van der Waals surface area contributed by atoms with E-state index in [1.165, 1.54) is 199 Å². The monoisotopic (exact) mass is 1410 g/mol. The fourth-order valence-electron chi connectivity index (χ4n) is 11.7. The lowest BCUT2D eigenvalue weighted by Gasteiger charge is -2.21. The number of aliphatic hydroxyl groups excluding tert-OH is 1. The molecule has 0 saturated carbocycles. The van der Waals surface area contributed by atoms with E-state index in [0.29, 0.717) is 25.7 Å². The zero-order chi connectivity index (χ0) is 70.9. The third-order valence-corrected chi connectivity index (χ3v) is 20.1. The first-order chi connectivity index (χ1) is 46.3. The molecule has 0 aliphatic rings. The second kappa shape index (κ2) is 67.5. The van der Waals surface area contributed by atoms with Crippen LogP contribution in [0.4, 0.5) is 0 Å². The fraction of sp³-hybridized carbons (Fsp3) is 0.948. The molecule has 0 radical (unpaired) electrons. The zero-order valence-corrected chi connectivity index (χ0v) is 64.6. The molecule has 0 aromatic heterocycles. The average Bonchev–Trinajstić information content (AvgIpc) is 3.70. The van der Waals surface area contributed by atoms with E-state index in [2.05, 4.69) is 48.5 Å². The van der Waals surface area contributed by atoms with Crippen molar-refractivity contribution in [1.82, 2.24) is 0 Å². The highest BCUT2D eigenvalue weighted by Crippen LogP contribution is 2.45. The predicted octanol–water partition coefficient (Wildman–Crippen LogP) is 22.6. The van der Waals surface area contributed by atoms with E-state index in [4.69, 9.17) is 37.0 Å². The molecule has 0 spiro atoms. The zero-order valence-electron chi connectivity index (χ0n) is 62.8. The molecule has 0 aromatic carbocycles. The Labute approximate surface area is 588 Å². The van der Waals surface area contributed by atoms with Crippen molar-refractivity contribution in [2.75, 3.05) is 39.6 Å². The summed E-state index contributed by atoms with van der Waals surface area (Å²) in [5.74, 6) is 0.285. The molecule has 3 unspecified atom stereocenters. The van der Waals surface area contributed by atoms with Gasteiger partial charge in [-0.2, -0.15) is 0 Å². The van der Waals surface area contributed by atoms with Crippen LogP contribution in [0.1, 0.15) is 395 Å². The molecule has 0 bridgehead atoms. The molecule has 570 valence electrons. The summed E-state index contributed by atoms with van der Waals surface area (Å²) in [5.41, 5.74) is 0. The number of hydrogen-bond donors (Lipinski definition) is 3. The lowest BCUT2D eigenvalue weighted by Crippen LogP contribution is -2.30. The largest absolute Gasteiger partial charge is 0.472 e. The molecule has 19 heteroatoms. The summed E-state index contributed by atoms with van der Waals surface area (Å²) in [5, 5.41) is 10.6. The van der Waals surface area contributed by atoms with Crippen LogP contribution in [0.3, 0.4) is 0 Å². The van der Waals surface area contributed by atoms with Gasteiger partial charge in [0.2, 0.25) is 0 Å². The van der Waals surface area contributed by atoms with Gasteiger partial charge in [0.1, 0.15) is 19.3 Å². The van der Waals surface area contributed by atoms with Gasteiger partial charge in [-0.1, -0.05) is 344 Å². The number of phosphoric ester groups is 2. The summed E-state index contributed by atoms with van der Waals surface area (Å²) < 4.78 is 68.5. The Kier molecular flexibility index (Phi) is 66.2. The highest BCUT2D eigenvalue weighted by atomic mass is 31.2. The van der Waals surface area contributed by atoms with Gasteiger partial charge < -0.3 is 33.8 Å². The number of hydrogen-bond acceptors (Lipinski definition) is 15. The van der Waals surface area contributed by atoms with Crippen LogP contribution < -0.4 is 0 Å². The van der Waals surface area contributed by atoms with Crippen LogP contribution in [0, 0.1) is 17.8 Å². The van der Waals surface area contributed by atoms with Crippen LogP contribution in [-0.2, 0) is 65.4 Å². The topological polar surface area (TPSA) is 237 Å². The maximum Gasteiger partial charge on any atom is 0.472 e. The van der Waals surface area contributed by atoms with Crippen LogP contribution in [0.5, 0.6) is 0 Å². The van der Waals surface area contributed by atoms with Crippen LogP contribution >= 0.6 is 15.6 Å². The number of rotatable bonds is 75. The first-order valence-electron chi connectivity index (χ1n) is 39.9. The van der Waals surface area contributed by atoms with Crippen LogP contribution in [0.25, 0.3) is 0 Å². The Morgan fingerprint density at radius 1 is 0.302 bits per heavy atom. The van der Waals surface area contributed by atoms with Gasteiger partial charge in [-0.3, -0.25) is 37.3 Å². The Hall–Kier alpha value is -1.94. The first kappa shape index (κ1) is 94.1. The van der Waals surface area contributed by atoms with E-state index in [1.54, 1.807) is 0 Å². The molecule has 0 heterocycles. The van der Waals surface area contributed by atoms with Crippen LogP contribution in [0.15, 0.2) is 0 Å². The van der Waals surface area contributed by atoms with E-state index in [1.807, 2.05) is 0 Å². The number of carbonyl (C=O) groups excluding carboxylic acids is 4. The van der Waals surface area contributed by atoms with Gasteiger partial charge in [0.05, 0.1) is 26.4 Å². The average molecular weight is 1410 g/mol. The molecular weight excluding hydrogens is 1260 g/mol. The van der Waals surface area contributed by atoms with Gasteiger partial charge in [-0.05, 0) is 43.4 Å². The smallest absolute Gasteiger partial charge is 0.462 e. The Morgan fingerprint density at radius 2 is 0.531 bits per heavy atom. The highest BCUT2D eigenvalue weighted by molar-refractivity contribution is 7.47. The Balaban J connectivity index is 5.22. The SMILES string of the molecule is CCCCCCCCCCC(=O)OC[C@H](COP(=O)(O)OC[C@H](O)COP(=O)(O)OC[C@@H](COC(=O)CCCCCCCCCCCCCCCC(C)C)OC(=O)CCCCCCCCCCCCCCCCC(C)CC)OC(=O)CCCCCCCCCCCCCC(C)C. The summed E-state index contributed by atoms with van der Waals surface area (Å²) in [6.45, 7) is 12.0. The number of carbonyl (C=O) groups is 4. The summed E-state index contributed by atoms with van der Waals surface area (Å²) >= 11 is 0. The van der Waals surface area contributed by atoms with E-state index in [0.717, 1.165) is 114 Å². The van der Waals surface area contributed by atoms with Crippen molar-refractivity contribution in [3.05, 3.63) is 0 Å². The van der Waals surface area contributed by atoms with Crippen molar-refractivity contribution < 1.29 is 80.2 Å². The van der Waals surface area contributed by atoms with Gasteiger partial charge in [0, 0.05) is 25.7 Å². The van der Waals surface area contributed by atoms with Crippen molar-refractivity contribution in [2.45, 2.75) is 414 Å². The summed E-state index contributed by atoms with van der Waals surface area (Å²) in [4.78, 5) is 72.8. The second-order valence-corrected chi connectivity index (χ2v) is 31.8. The van der Waals surface area contributed by atoms with Crippen molar-refractivity contribution in [3.8, 4) is 0 Å². The van der Waals surface area contributed by atoms with E-state index in [-0.39, 0.29) is 25.7 Å². The highest BCUT2D eigenvalue weighted by Gasteiger charge is 2.30. The molecule has 0 aliphatic heterocycles. The molecule has 17 nitrogen and oxygen atoms in total. The Morgan fingerprint density at radius 3 is 0.792 bits per heavy atom. The standard InChI is InChI=1S/C77H150O17P2/c1-8-10-11-12-13-37-44-51-58-74(79)87-64-72(93-77(82)61-54-47-40-33-27-21-23-29-35-42-49-56-69(5)6)66-91-95(83,84)89-62-71(78)63-90-96(85,86)92-67-73(65-88-75(80)59-52-45-38-31-25-20-16-17-22-28-34-41-48-55-68(3)4)94-76(81)60-53-46-39-32-26-19-15-14-18-24-30-36-43-50-57-70(7)9-2/h68-73,78H,8-67H2,1-7H3,(H,83,84)(H,85,86)/t70?,71-,72+,73+/m0/s1. The number of ether oxygens (including phenoxy) is 4. The van der Waals surface area contributed by atoms with E-state index < -0.39 is 97.5 Å². The maximum absolute atomic E-state index is 13.1. The minimum absolute atomic E-state index is 0.106. The molecule has 0 saturated heterocycles. The van der Waals surface area contributed by atoms with Gasteiger partial charge in [0.15, 0.2) is 12.2 Å². The lowest BCUT2D eigenvalue weighted by atomic mass is 9.99. The first-order valence-corrected chi connectivity index (χ1v) is 42.9. The molecule has 0 amide bonds. The number of unbranched alkanes of at least 4 members (excludes halogenated alkanes) is 42. The minimum atomic E-state index is -4.96. The summed E-state index contributed by atoms with van der Waals surface area (Å²) in [6.07, 6.45) is 54.0. The minimum Gasteiger partial charge on any atom is -0.462 e. The molecule has 0 fully saturated rings. The van der Waals surface area contributed by atoms with Crippen LogP contribution in [-0.4, -0.2) is 96.7 Å². The molecule has 0 rings (SSSR count). The third kappa shape index (κ3) is 69.2. The maximum atomic E-state index is 13.1. The van der Waals surface area contributed by atoms with Gasteiger partial charge in [0.25, 0.3) is 0 Å². The quantitative estimate of drug-likeness (QED) is 0.0222. The number of phosphoric acid groups is 2. The molecule has 6 atom stereocenters. The van der Waals surface area contributed by atoms with Crippen molar-refractivity contribution in [2.24, 2.45) is 17.8 Å². The number of aliphatic hydroxyl groups is 1. The molecule has 96 heavy (non-hydrogen) atoms.